The van der Waals surface area contributed by atoms with Crippen molar-refractivity contribution < 1.29 is 27.4 Å². The molecule has 7 heteroatoms. The summed E-state index contributed by atoms with van der Waals surface area (Å²) in [6.07, 6.45) is 0. The lowest BCUT2D eigenvalue weighted by atomic mass is 10.1. The van der Waals surface area contributed by atoms with E-state index in [1.165, 1.54) is 24.3 Å². The summed E-state index contributed by atoms with van der Waals surface area (Å²) in [7, 11) is -3.84. The number of sulfone groups is 1. The Labute approximate surface area is 168 Å². The van der Waals surface area contributed by atoms with Gasteiger partial charge in [-0.05, 0) is 47.5 Å². The number of halogens is 1. The maximum Gasteiger partial charge on any atom is 0.311 e. The van der Waals surface area contributed by atoms with Crippen molar-refractivity contribution in [2.75, 3.05) is 12.4 Å². The monoisotopic (exact) mass is 414 g/mol. The maximum absolute atomic E-state index is 13.0. The van der Waals surface area contributed by atoms with Crippen molar-refractivity contribution >= 4 is 15.8 Å². The Balaban J connectivity index is 1.72. The molecule has 3 rings (SSSR count). The Morgan fingerprint density at radius 2 is 1.45 bits per heavy atom. The number of ether oxygens (including phenoxy) is 1. The first-order valence-electron chi connectivity index (χ1n) is 8.84. The third-order valence-electron chi connectivity index (χ3n) is 4.36. The molecule has 0 radical (unpaired) electrons. The molecule has 1 atom stereocenters. The molecule has 0 aliphatic rings. The van der Waals surface area contributed by atoms with Gasteiger partial charge in [0, 0.05) is 0 Å². The molecular weight excluding hydrogens is 395 g/mol. The molecule has 0 aromatic heterocycles. The second-order valence-corrected chi connectivity index (χ2v) is 8.51. The molecule has 1 N–H and O–H groups in total. The van der Waals surface area contributed by atoms with Gasteiger partial charge in [-0.25, -0.2) is 12.8 Å². The van der Waals surface area contributed by atoms with Crippen LogP contribution >= 0.6 is 0 Å². The highest BCUT2D eigenvalue weighted by molar-refractivity contribution is 7.91. The van der Waals surface area contributed by atoms with Crippen molar-refractivity contribution in [1.29, 1.82) is 0 Å². The minimum absolute atomic E-state index is 0.0225. The van der Waals surface area contributed by atoms with E-state index in [2.05, 4.69) is 0 Å². The molecule has 0 aliphatic carbocycles. The Morgan fingerprint density at radius 1 is 0.897 bits per heavy atom. The maximum atomic E-state index is 13.0. The Kier molecular flexibility index (Phi) is 6.29. The minimum atomic E-state index is -3.84. The third kappa shape index (κ3) is 5.42. The number of hydrogen-bond donors (Lipinski definition) is 1. The molecule has 3 aromatic rings. The number of aliphatic carboxylic acids is 1. The zero-order chi connectivity index (χ0) is 20.9. The second kappa shape index (κ2) is 8.87. The number of carboxylic acids is 1. The van der Waals surface area contributed by atoms with Crippen LogP contribution in [-0.4, -0.2) is 31.9 Å². The van der Waals surface area contributed by atoms with Gasteiger partial charge in [-0.15, -0.1) is 0 Å². The van der Waals surface area contributed by atoms with Gasteiger partial charge in [0.25, 0.3) is 0 Å². The molecular formula is C22H19FO5S. The van der Waals surface area contributed by atoms with Crippen LogP contribution in [0.4, 0.5) is 4.39 Å². The van der Waals surface area contributed by atoms with E-state index >= 15 is 0 Å². The summed E-state index contributed by atoms with van der Waals surface area (Å²) < 4.78 is 43.8. The van der Waals surface area contributed by atoms with Gasteiger partial charge in [0.1, 0.15) is 24.1 Å². The van der Waals surface area contributed by atoms with E-state index in [-0.39, 0.29) is 17.3 Å². The van der Waals surface area contributed by atoms with Crippen LogP contribution in [0.25, 0.3) is 11.1 Å². The van der Waals surface area contributed by atoms with Crippen LogP contribution < -0.4 is 4.74 Å². The number of para-hydroxylation sites is 1. The molecule has 3 aromatic carbocycles. The molecule has 0 spiro atoms. The van der Waals surface area contributed by atoms with Gasteiger partial charge in [-0.2, -0.15) is 0 Å². The first-order valence-corrected chi connectivity index (χ1v) is 10.5. The lowest BCUT2D eigenvalue weighted by molar-refractivity contribution is -0.141. The average Bonchev–Trinajstić information content (AvgIpc) is 2.72. The average molecular weight is 414 g/mol. The zero-order valence-corrected chi connectivity index (χ0v) is 16.2. The fourth-order valence-corrected chi connectivity index (χ4v) is 4.27. The standard InChI is InChI=1S/C22H19FO5S/c23-19-10-6-16(7-11-19)17-8-12-21(13-9-17)29(26,27)15-18(22(24)25)14-28-20-4-2-1-3-5-20/h1-13,18H,14-15H2,(H,24,25). The lowest BCUT2D eigenvalue weighted by Gasteiger charge is -2.14. The van der Waals surface area contributed by atoms with Gasteiger partial charge >= 0.3 is 5.97 Å². The summed E-state index contributed by atoms with van der Waals surface area (Å²) in [6, 6.07) is 20.5. The zero-order valence-electron chi connectivity index (χ0n) is 15.4. The van der Waals surface area contributed by atoms with Crippen LogP contribution in [0.1, 0.15) is 0 Å². The van der Waals surface area contributed by atoms with Crippen LogP contribution in [0.5, 0.6) is 5.75 Å². The number of rotatable bonds is 8. The van der Waals surface area contributed by atoms with Gasteiger partial charge < -0.3 is 9.84 Å². The quantitative estimate of drug-likeness (QED) is 0.602. The van der Waals surface area contributed by atoms with Crippen molar-refractivity contribution in [3.05, 3.63) is 84.7 Å². The molecule has 1 unspecified atom stereocenters. The van der Waals surface area contributed by atoms with Crippen LogP contribution in [0.15, 0.2) is 83.8 Å². The summed E-state index contributed by atoms with van der Waals surface area (Å²) in [6.45, 7) is -0.258. The SMILES string of the molecule is O=C(O)C(COc1ccccc1)CS(=O)(=O)c1ccc(-c2ccc(F)cc2)cc1. The number of benzene rings is 3. The molecule has 0 saturated heterocycles. The van der Waals surface area contributed by atoms with Gasteiger partial charge in [0.05, 0.1) is 10.6 Å². The van der Waals surface area contributed by atoms with Gasteiger partial charge in [-0.1, -0.05) is 42.5 Å². The first kappa shape index (κ1) is 20.5. The smallest absolute Gasteiger partial charge is 0.311 e. The van der Waals surface area contributed by atoms with E-state index in [1.807, 2.05) is 0 Å². The van der Waals surface area contributed by atoms with Crippen LogP contribution in [0.2, 0.25) is 0 Å². The molecule has 0 saturated carbocycles. The molecule has 0 amide bonds. The van der Waals surface area contributed by atoms with Crippen LogP contribution in [0, 0.1) is 11.7 Å². The minimum Gasteiger partial charge on any atom is -0.493 e. The van der Waals surface area contributed by atoms with E-state index in [4.69, 9.17) is 4.74 Å². The molecule has 150 valence electrons. The Bertz CT molecular complexity index is 1060. The van der Waals surface area contributed by atoms with Crippen molar-refractivity contribution in [2.24, 2.45) is 5.92 Å². The van der Waals surface area contributed by atoms with Gasteiger partial charge in [0.15, 0.2) is 9.84 Å². The largest absolute Gasteiger partial charge is 0.493 e. The molecule has 29 heavy (non-hydrogen) atoms. The Morgan fingerprint density at radius 3 is 2.00 bits per heavy atom. The summed E-state index contributed by atoms with van der Waals surface area (Å²) in [5.41, 5.74) is 1.47. The van der Waals surface area contributed by atoms with E-state index in [1.54, 1.807) is 54.6 Å². The molecule has 0 heterocycles. The number of hydrogen-bond acceptors (Lipinski definition) is 4. The van der Waals surface area contributed by atoms with Gasteiger partial charge in [0.2, 0.25) is 0 Å². The van der Waals surface area contributed by atoms with Crippen LogP contribution in [-0.2, 0) is 14.6 Å². The highest BCUT2D eigenvalue weighted by Gasteiger charge is 2.27. The molecule has 5 nitrogen and oxygen atoms in total. The second-order valence-electron chi connectivity index (χ2n) is 6.47. The predicted octanol–water partition coefficient (Wildman–Crippen LogP) is 4.05. The highest BCUT2D eigenvalue weighted by Crippen LogP contribution is 2.23. The third-order valence-corrected chi connectivity index (χ3v) is 6.19. The van der Waals surface area contributed by atoms with Crippen molar-refractivity contribution in [1.82, 2.24) is 0 Å². The topological polar surface area (TPSA) is 80.7 Å². The summed E-state index contributed by atoms with van der Waals surface area (Å²) in [4.78, 5) is 11.5. The fraction of sp³-hybridized carbons (Fsp3) is 0.136. The van der Waals surface area contributed by atoms with E-state index in [9.17, 15) is 22.7 Å². The molecule has 0 fully saturated rings. The van der Waals surface area contributed by atoms with E-state index in [0.717, 1.165) is 11.1 Å². The normalized spacial score (nSPS) is 12.3. The highest BCUT2D eigenvalue weighted by atomic mass is 32.2. The Hall–Kier alpha value is -3.19. The summed E-state index contributed by atoms with van der Waals surface area (Å²) >= 11 is 0. The molecule has 0 aliphatic heterocycles. The van der Waals surface area contributed by atoms with E-state index in [0.29, 0.717) is 5.75 Å². The first-order chi connectivity index (χ1) is 13.8. The van der Waals surface area contributed by atoms with E-state index < -0.39 is 27.5 Å². The van der Waals surface area contributed by atoms with Crippen LogP contribution in [0.3, 0.4) is 0 Å². The predicted molar refractivity (Wildman–Crippen MR) is 107 cm³/mol. The summed E-state index contributed by atoms with van der Waals surface area (Å²) in [5, 5.41) is 9.40. The van der Waals surface area contributed by atoms with Crippen molar-refractivity contribution in [3.63, 3.8) is 0 Å². The molecule has 0 bridgehead atoms. The number of carboxylic acid groups (broad SMARTS) is 1. The van der Waals surface area contributed by atoms with Crippen molar-refractivity contribution in [3.8, 4) is 16.9 Å². The van der Waals surface area contributed by atoms with Gasteiger partial charge in [-0.3, -0.25) is 4.79 Å². The summed E-state index contributed by atoms with van der Waals surface area (Å²) in [5.74, 6) is -2.92. The van der Waals surface area contributed by atoms with Crippen molar-refractivity contribution in [2.45, 2.75) is 4.90 Å². The number of carbonyl (C=O) groups is 1. The fourth-order valence-electron chi connectivity index (χ4n) is 2.76. The lowest BCUT2D eigenvalue weighted by Crippen LogP contribution is -2.29.